The molecule has 3 heteroatoms. The van der Waals surface area contributed by atoms with E-state index in [1.165, 1.54) is 17.5 Å². The number of nitrogens with two attached hydrogens (primary N) is 1. The quantitative estimate of drug-likeness (QED) is 0.700. The van der Waals surface area contributed by atoms with Crippen molar-refractivity contribution in [1.29, 1.82) is 0 Å². The van der Waals surface area contributed by atoms with Crippen molar-refractivity contribution in [2.24, 2.45) is 5.73 Å². The first kappa shape index (κ1) is 7.95. The molecule has 0 saturated heterocycles. The molecule has 1 aliphatic carbocycles. The van der Waals surface area contributed by atoms with Crippen molar-refractivity contribution >= 4 is 17.1 Å². The Morgan fingerprint density at radius 3 is 3.17 bits per heavy atom. The number of hydrogen-bond donors (Lipinski definition) is 1. The van der Waals surface area contributed by atoms with Crippen LogP contribution in [0.1, 0.15) is 27.2 Å². The van der Waals surface area contributed by atoms with Crippen molar-refractivity contribution in [3.05, 3.63) is 21.4 Å². The number of carbonyl (C=O) groups excluding carboxylic acids is 1. The van der Waals surface area contributed by atoms with Crippen LogP contribution in [0.25, 0.3) is 0 Å². The van der Waals surface area contributed by atoms with Gasteiger partial charge in [-0.1, -0.05) is 0 Å². The van der Waals surface area contributed by atoms with E-state index in [0.717, 1.165) is 17.7 Å². The van der Waals surface area contributed by atoms with Crippen LogP contribution in [0.4, 0.5) is 0 Å². The average molecular weight is 181 g/mol. The summed E-state index contributed by atoms with van der Waals surface area (Å²) in [6, 6.07) is 0. The van der Waals surface area contributed by atoms with Crippen molar-refractivity contribution in [2.75, 3.05) is 6.54 Å². The van der Waals surface area contributed by atoms with Crippen LogP contribution in [0.5, 0.6) is 0 Å². The van der Waals surface area contributed by atoms with Gasteiger partial charge in [0.05, 0.1) is 11.4 Å². The third-order valence-electron chi connectivity index (χ3n) is 2.29. The predicted molar refractivity (Wildman–Crippen MR) is 49.7 cm³/mol. The first-order valence-corrected chi connectivity index (χ1v) is 5.03. The van der Waals surface area contributed by atoms with Gasteiger partial charge in [0, 0.05) is 0 Å². The molecule has 0 spiro atoms. The molecule has 0 unspecified atom stereocenters. The molecule has 0 saturated carbocycles. The van der Waals surface area contributed by atoms with E-state index in [-0.39, 0.29) is 12.3 Å². The zero-order chi connectivity index (χ0) is 8.55. The smallest absolute Gasteiger partial charge is 0.186 e. The molecule has 0 aliphatic heterocycles. The third kappa shape index (κ3) is 1.09. The average Bonchev–Trinajstić information content (AvgIpc) is 2.62. The minimum Gasteiger partial charge on any atom is -0.324 e. The van der Waals surface area contributed by atoms with Gasteiger partial charge < -0.3 is 5.73 Å². The number of carbonyl (C=O) groups is 1. The van der Waals surface area contributed by atoms with Crippen LogP contribution in [0, 0.1) is 0 Å². The van der Waals surface area contributed by atoms with Gasteiger partial charge in [-0.15, -0.1) is 11.3 Å². The Balaban J connectivity index is 2.39. The van der Waals surface area contributed by atoms with E-state index in [1.807, 2.05) is 0 Å². The number of Topliss-reactive ketones (excluding diaryl/α,β-unsaturated/α-hetero) is 1. The Hall–Kier alpha value is -0.670. The topological polar surface area (TPSA) is 43.1 Å². The summed E-state index contributed by atoms with van der Waals surface area (Å²) < 4.78 is 0. The van der Waals surface area contributed by atoms with Crippen LogP contribution in [0.3, 0.4) is 0 Å². The molecule has 0 atom stereocenters. The second kappa shape index (κ2) is 2.99. The minimum atomic E-state index is 0.100. The van der Waals surface area contributed by atoms with Crippen molar-refractivity contribution in [3.63, 3.8) is 0 Å². The highest BCUT2D eigenvalue weighted by molar-refractivity contribution is 7.12. The molecule has 0 aromatic carbocycles. The highest BCUT2D eigenvalue weighted by Gasteiger charge is 2.20. The Labute approximate surface area is 75.4 Å². The van der Waals surface area contributed by atoms with Gasteiger partial charge in [0.25, 0.3) is 0 Å². The van der Waals surface area contributed by atoms with Crippen LogP contribution in [0.15, 0.2) is 5.38 Å². The molecule has 1 aliphatic rings. The van der Waals surface area contributed by atoms with Gasteiger partial charge in [0.2, 0.25) is 0 Å². The van der Waals surface area contributed by atoms with Gasteiger partial charge in [-0.2, -0.15) is 0 Å². The standard InChI is InChI=1S/C9H11NOS/c10-4-8(11)9-7-3-1-2-6(7)5-12-9/h5H,1-4,10H2. The predicted octanol–water partition coefficient (Wildman–Crippen LogP) is 1.38. The summed E-state index contributed by atoms with van der Waals surface area (Å²) in [4.78, 5) is 12.2. The second-order valence-corrected chi connectivity index (χ2v) is 3.93. The van der Waals surface area contributed by atoms with Gasteiger partial charge in [0.1, 0.15) is 0 Å². The fourth-order valence-corrected chi connectivity index (χ4v) is 2.79. The zero-order valence-electron chi connectivity index (χ0n) is 6.80. The molecule has 1 aromatic heterocycles. The molecule has 0 radical (unpaired) electrons. The number of aryl methyl sites for hydroxylation is 1. The summed E-state index contributed by atoms with van der Waals surface area (Å²) in [6.45, 7) is 0.146. The molecule has 1 heterocycles. The molecule has 2 nitrogen and oxygen atoms in total. The molecular weight excluding hydrogens is 170 g/mol. The minimum absolute atomic E-state index is 0.100. The first-order chi connectivity index (χ1) is 5.83. The lowest BCUT2D eigenvalue weighted by Crippen LogP contribution is -2.13. The van der Waals surface area contributed by atoms with Gasteiger partial charge in [-0.25, -0.2) is 0 Å². The highest BCUT2D eigenvalue weighted by atomic mass is 32.1. The summed E-state index contributed by atoms with van der Waals surface area (Å²) in [5.74, 6) is 0.100. The van der Waals surface area contributed by atoms with Gasteiger partial charge in [-0.05, 0) is 35.8 Å². The summed E-state index contributed by atoms with van der Waals surface area (Å²) >= 11 is 1.56. The molecular formula is C9H11NOS. The van der Waals surface area contributed by atoms with Gasteiger partial charge in [0.15, 0.2) is 5.78 Å². The lowest BCUT2D eigenvalue weighted by molar-refractivity contribution is 0.100. The highest BCUT2D eigenvalue weighted by Crippen LogP contribution is 2.30. The maximum atomic E-state index is 11.3. The molecule has 2 rings (SSSR count). The third-order valence-corrected chi connectivity index (χ3v) is 3.40. The molecule has 64 valence electrons. The van der Waals surface area contributed by atoms with Crippen LogP contribution in [-0.4, -0.2) is 12.3 Å². The van der Waals surface area contributed by atoms with E-state index in [4.69, 9.17) is 5.73 Å². The van der Waals surface area contributed by atoms with E-state index in [2.05, 4.69) is 5.38 Å². The molecule has 0 bridgehead atoms. The second-order valence-electron chi connectivity index (χ2n) is 3.05. The Morgan fingerprint density at radius 1 is 1.58 bits per heavy atom. The van der Waals surface area contributed by atoms with Gasteiger partial charge in [-0.3, -0.25) is 4.79 Å². The van der Waals surface area contributed by atoms with E-state index in [9.17, 15) is 4.79 Å². The SMILES string of the molecule is NCC(=O)c1scc2c1CCC2. The zero-order valence-corrected chi connectivity index (χ0v) is 7.62. The van der Waals surface area contributed by atoms with Crippen LogP contribution in [-0.2, 0) is 12.8 Å². The van der Waals surface area contributed by atoms with Crippen molar-refractivity contribution in [1.82, 2.24) is 0 Å². The fraction of sp³-hybridized carbons (Fsp3) is 0.444. The lowest BCUT2D eigenvalue weighted by Gasteiger charge is -1.95. The number of thiophene rings is 1. The summed E-state index contributed by atoms with van der Waals surface area (Å²) in [5, 5.41) is 2.10. The van der Waals surface area contributed by atoms with Crippen LogP contribution < -0.4 is 5.73 Å². The van der Waals surface area contributed by atoms with Crippen LogP contribution >= 0.6 is 11.3 Å². The molecule has 0 amide bonds. The number of hydrogen-bond acceptors (Lipinski definition) is 3. The number of ketones is 1. The first-order valence-electron chi connectivity index (χ1n) is 4.15. The van der Waals surface area contributed by atoms with Gasteiger partial charge >= 0.3 is 0 Å². The fourth-order valence-electron chi connectivity index (χ4n) is 1.68. The number of rotatable bonds is 2. The maximum absolute atomic E-state index is 11.3. The molecule has 1 aromatic rings. The van der Waals surface area contributed by atoms with Crippen molar-refractivity contribution in [3.8, 4) is 0 Å². The summed E-state index contributed by atoms with van der Waals surface area (Å²) in [7, 11) is 0. The van der Waals surface area contributed by atoms with E-state index >= 15 is 0 Å². The van der Waals surface area contributed by atoms with E-state index in [0.29, 0.717) is 0 Å². The Bertz CT molecular complexity index is 316. The number of fused-ring (bicyclic) bond motifs is 1. The normalized spacial score (nSPS) is 14.8. The van der Waals surface area contributed by atoms with Crippen molar-refractivity contribution < 1.29 is 4.79 Å². The summed E-state index contributed by atoms with van der Waals surface area (Å²) in [5.41, 5.74) is 7.96. The molecule has 12 heavy (non-hydrogen) atoms. The Morgan fingerprint density at radius 2 is 2.42 bits per heavy atom. The maximum Gasteiger partial charge on any atom is 0.186 e. The Kier molecular flexibility index (Phi) is 1.98. The molecule has 0 fully saturated rings. The lowest BCUT2D eigenvalue weighted by atomic mass is 10.1. The monoisotopic (exact) mass is 181 g/mol. The van der Waals surface area contributed by atoms with E-state index in [1.54, 1.807) is 11.3 Å². The van der Waals surface area contributed by atoms with Crippen molar-refractivity contribution in [2.45, 2.75) is 19.3 Å². The van der Waals surface area contributed by atoms with E-state index < -0.39 is 0 Å². The summed E-state index contributed by atoms with van der Waals surface area (Å²) in [6.07, 6.45) is 3.41. The molecule has 2 N–H and O–H groups in total. The van der Waals surface area contributed by atoms with Crippen LogP contribution in [0.2, 0.25) is 0 Å². The largest absolute Gasteiger partial charge is 0.324 e.